The molecule has 0 bridgehead atoms. The number of benzene rings is 1. The number of pyridine rings is 1. The summed E-state index contributed by atoms with van der Waals surface area (Å²) >= 11 is 0. The number of ether oxygens (including phenoxy) is 1. The number of rotatable bonds is 5. The summed E-state index contributed by atoms with van der Waals surface area (Å²) in [5.74, 6) is 0.286. The number of hydrogen-bond donors (Lipinski definition) is 2. The molecule has 9 heteroatoms. The Balaban J connectivity index is 1.15. The van der Waals surface area contributed by atoms with Crippen LogP contribution in [0.1, 0.15) is 53.9 Å². The van der Waals surface area contributed by atoms with Crippen molar-refractivity contribution in [1.29, 1.82) is 0 Å². The number of carbonyl (C=O) groups is 2. The zero-order valence-electron chi connectivity index (χ0n) is 20.5. The van der Waals surface area contributed by atoms with E-state index in [1.54, 1.807) is 28.0 Å². The van der Waals surface area contributed by atoms with Gasteiger partial charge in [0.1, 0.15) is 11.9 Å². The molecule has 2 aromatic heterocycles. The topological polar surface area (TPSA) is 115 Å². The highest BCUT2D eigenvalue weighted by Gasteiger charge is 2.32. The van der Waals surface area contributed by atoms with Crippen molar-refractivity contribution in [2.24, 2.45) is 7.05 Å². The molecule has 1 saturated heterocycles. The van der Waals surface area contributed by atoms with Gasteiger partial charge in [-0.05, 0) is 49.7 Å². The van der Waals surface area contributed by atoms with Crippen LogP contribution in [0.4, 0.5) is 10.6 Å². The SMILES string of the molecule is Cn1cc(-c2cnc(N)c(C(=O)N[C@@H]3CCN(C(=O)OC4CCCC(c5ccccc5)C4)C3)c2)cn1. The summed E-state index contributed by atoms with van der Waals surface area (Å²) < 4.78 is 7.57. The van der Waals surface area contributed by atoms with Gasteiger partial charge in [-0.15, -0.1) is 0 Å². The Morgan fingerprint density at radius 1 is 1.11 bits per heavy atom. The smallest absolute Gasteiger partial charge is 0.410 e. The highest BCUT2D eigenvalue weighted by molar-refractivity contribution is 5.99. The van der Waals surface area contributed by atoms with Gasteiger partial charge >= 0.3 is 6.09 Å². The fourth-order valence-electron chi connectivity index (χ4n) is 5.19. The maximum absolute atomic E-state index is 13.0. The van der Waals surface area contributed by atoms with Gasteiger partial charge in [-0.25, -0.2) is 9.78 Å². The van der Waals surface area contributed by atoms with E-state index < -0.39 is 0 Å². The zero-order chi connectivity index (χ0) is 25.1. The van der Waals surface area contributed by atoms with Crippen LogP contribution >= 0.6 is 0 Å². The molecule has 2 aliphatic rings. The molecular weight excluding hydrogens is 456 g/mol. The molecule has 1 aromatic carbocycles. The van der Waals surface area contributed by atoms with Crippen molar-refractivity contribution in [2.75, 3.05) is 18.8 Å². The highest BCUT2D eigenvalue weighted by atomic mass is 16.6. The van der Waals surface area contributed by atoms with Gasteiger partial charge < -0.3 is 20.7 Å². The Hall–Kier alpha value is -3.88. The number of nitrogen functional groups attached to an aromatic ring is 1. The molecule has 1 aliphatic carbocycles. The van der Waals surface area contributed by atoms with Crippen LogP contribution in [-0.4, -0.2) is 56.9 Å². The third-order valence-electron chi connectivity index (χ3n) is 7.15. The van der Waals surface area contributed by atoms with Crippen LogP contribution in [-0.2, 0) is 11.8 Å². The van der Waals surface area contributed by atoms with Gasteiger partial charge in [-0.2, -0.15) is 5.10 Å². The highest BCUT2D eigenvalue weighted by Crippen LogP contribution is 2.34. The first-order valence-electron chi connectivity index (χ1n) is 12.5. The van der Waals surface area contributed by atoms with Crippen molar-refractivity contribution in [3.05, 3.63) is 66.1 Å². The van der Waals surface area contributed by atoms with Gasteiger partial charge in [0.15, 0.2) is 0 Å². The maximum atomic E-state index is 13.0. The Bertz CT molecular complexity index is 1230. The van der Waals surface area contributed by atoms with Crippen LogP contribution in [0.25, 0.3) is 11.1 Å². The zero-order valence-corrected chi connectivity index (χ0v) is 20.5. The second-order valence-corrected chi connectivity index (χ2v) is 9.74. The first-order chi connectivity index (χ1) is 17.5. The molecule has 3 atom stereocenters. The van der Waals surface area contributed by atoms with Crippen LogP contribution in [0.2, 0.25) is 0 Å². The van der Waals surface area contributed by atoms with E-state index in [2.05, 4.69) is 39.7 Å². The van der Waals surface area contributed by atoms with E-state index in [4.69, 9.17) is 10.5 Å². The van der Waals surface area contributed by atoms with E-state index in [1.165, 1.54) is 5.56 Å². The molecule has 1 saturated carbocycles. The third-order valence-corrected chi connectivity index (χ3v) is 7.15. The number of anilines is 1. The van der Waals surface area contributed by atoms with E-state index in [0.717, 1.165) is 36.8 Å². The minimum absolute atomic E-state index is 0.0776. The maximum Gasteiger partial charge on any atom is 0.410 e. The number of nitrogens with zero attached hydrogens (tertiary/aromatic N) is 4. The average molecular weight is 489 g/mol. The minimum atomic E-state index is -0.302. The Morgan fingerprint density at radius 2 is 1.94 bits per heavy atom. The van der Waals surface area contributed by atoms with Gasteiger partial charge in [-0.3, -0.25) is 9.48 Å². The predicted octanol–water partition coefficient (Wildman–Crippen LogP) is 3.73. The van der Waals surface area contributed by atoms with E-state index in [0.29, 0.717) is 31.0 Å². The summed E-state index contributed by atoms with van der Waals surface area (Å²) in [6, 6.07) is 12.0. The molecule has 3 aromatic rings. The van der Waals surface area contributed by atoms with E-state index in [-0.39, 0.29) is 30.0 Å². The molecule has 36 heavy (non-hydrogen) atoms. The van der Waals surface area contributed by atoms with Gasteiger partial charge in [0.05, 0.1) is 11.8 Å². The van der Waals surface area contributed by atoms with Crippen molar-refractivity contribution in [2.45, 2.75) is 50.2 Å². The van der Waals surface area contributed by atoms with E-state index in [1.807, 2.05) is 19.3 Å². The summed E-state index contributed by atoms with van der Waals surface area (Å²) in [4.78, 5) is 31.7. The van der Waals surface area contributed by atoms with Crippen molar-refractivity contribution >= 4 is 17.8 Å². The van der Waals surface area contributed by atoms with E-state index in [9.17, 15) is 9.59 Å². The molecule has 188 valence electrons. The molecule has 0 radical (unpaired) electrons. The summed E-state index contributed by atoms with van der Waals surface area (Å²) in [6.07, 6.45) is 9.38. The predicted molar refractivity (Wildman–Crippen MR) is 136 cm³/mol. The number of hydrogen-bond acceptors (Lipinski definition) is 6. The lowest BCUT2D eigenvalue weighted by molar-refractivity contribution is 0.0458. The van der Waals surface area contributed by atoms with E-state index >= 15 is 0 Å². The quantitative estimate of drug-likeness (QED) is 0.565. The normalized spacial score (nSPS) is 21.8. The molecule has 1 aliphatic heterocycles. The summed E-state index contributed by atoms with van der Waals surface area (Å²) in [6.45, 7) is 0.955. The first-order valence-corrected chi connectivity index (χ1v) is 12.5. The molecule has 2 fully saturated rings. The first kappa shape index (κ1) is 23.8. The molecule has 9 nitrogen and oxygen atoms in total. The van der Waals surface area contributed by atoms with Gasteiger partial charge in [0, 0.05) is 49.7 Å². The largest absolute Gasteiger partial charge is 0.446 e. The lowest BCUT2D eigenvalue weighted by Crippen LogP contribution is -2.40. The van der Waals surface area contributed by atoms with Crippen LogP contribution in [0.3, 0.4) is 0 Å². The molecule has 0 spiro atoms. The monoisotopic (exact) mass is 488 g/mol. The number of aryl methyl sites for hydroxylation is 1. The standard InChI is InChI=1S/C27H32N6O3/c1-32-16-21(15-30-32)20-13-24(25(28)29-14-20)26(34)31-22-10-11-33(17-22)27(35)36-23-9-5-8-19(12-23)18-6-3-2-4-7-18/h2-4,6-7,13-16,19,22-23H,5,8-12,17H2,1H3,(H2,28,29)(H,31,34)/t19?,22-,23?/m1/s1. The second kappa shape index (κ2) is 10.4. The van der Waals surface area contributed by atoms with Gasteiger partial charge in [0.25, 0.3) is 5.91 Å². The molecular formula is C27H32N6O3. The van der Waals surface area contributed by atoms with Crippen molar-refractivity contribution in [3.8, 4) is 11.1 Å². The molecule has 5 rings (SSSR count). The average Bonchev–Trinajstić information content (AvgIpc) is 3.54. The fraction of sp³-hybridized carbons (Fsp3) is 0.407. The van der Waals surface area contributed by atoms with Crippen molar-refractivity contribution in [1.82, 2.24) is 25.0 Å². The summed E-state index contributed by atoms with van der Waals surface area (Å²) in [5, 5.41) is 7.17. The number of carbonyl (C=O) groups excluding carboxylic acids is 2. The second-order valence-electron chi connectivity index (χ2n) is 9.74. The number of amides is 2. The summed E-state index contributed by atoms with van der Waals surface area (Å²) in [5.41, 5.74) is 9.24. The van der Waals surface area contributed by atoms with Crippen LogP contribution in [0, 0.1) is 0 Å². The van der Waals surface area contributed by atoms with Crippen LogP contribution in [0.5, 0.6) is 0 Å². The van der Waals surface area contributed by atoms with Crippen molar-refractivity contribution < 1.29 is 14.3 Å². The lowest BCUT2D eigenvalue weighted by Gasteiger charge is -2.30. The lowest BCUT2D eigenvalue weighted by atomic mass is 9.82. The molecule has 2 amide bonds. The molecule has 3 heterocycles. The van der Waals surface area contributed by atoms with Crippen molar-refractivity contribution in [3.63, 3.8) is 0 Å². The van der Waals surface area contributed by atoms with Gasteiger partial charge in [0.2, 0.25) is 0 Å². The molecule has 2 unspecified atom stereocenters. The Labute approximate surface area is 210 Å². The molecule has 3 N–H and O–H groups in total. The minimum Gasteiger partial charge on any atom is -0.446 e. The Kier molecular flexibility index (Phi) is 6.88. The number of nitrogens with one attached hydrogen (secondary N) is 1. The fourth-order valence-corrected chi connectivity index (χ4v) is 5.19. The van der Waals surface area contributed by atoms with Crippen LogP contribution < -0.4 is 11.1 Å². The Morgan fingerprint density at radius 3 is 2.72 bits per heavy atom. The number of nitrogens with two attached hydrogens (primary N) is 1. The van der Waals surface area contributed by atoms with Crippen LogP contribution in [0.15, 0.2) is 55.0 Å². The number of likely N-dealkylation sites (tertiary alicyclic amines) is 1. The summed E-state index contributed by atoms with van der Waals surface area (Å²) in [7, 11) is 1.83. The van der Waals surface area contributed by atoms with Gasteiger partial charge in [-0.1, -0.05) is 30.3 Å². The number of aromatic nitrogens is 3. The third kappa shape index (κ3) is 5.35.